The van der Waals surface area contributed by atoms with E-state index in [4.69, 9.17) is 5.73 Å². The fourth-order valence-electron chi connectivity index (χ4n) is 2.08. The number of nitrogen functional groups attached to an aromatic ring is 1. The van der Waals surface area contributed by atoms with Crippen LogP contribution in [0.1, 0.15) is 16.7 Å². The van der Waals surface area contributed by atoms with Crippen LogP contribution < -0.4 is 10.6 Å². The van der Waals surface area contributed by atoms with Crippen molar-refractivity contribution < 1.29 is 23.1 Å². The van der Waals surface area contributed by atoms with E-state index in [2.05, 4.69) is 0 Å². The molecule has 0 bridgehead atoms. The maximum atomic E-state index is 12.5. The van der Waals surface area contributed by atoms with Crippen LogP contribution in [0.5, 0.6) is 0 Å². The lowest BCUT2D eigenvalue weighted by molar-refractivity contribution is -0.137. The molecule has 0 aliphatic heterocycles. The minimum atomic E-state index is -4.42. The number of alkyl halides is 3. The maximum absolute atomic E-state index is 12.5. The Labute approximate surface area is 131 Å². The van der Waals surface area contributed by atoms with Gasteiger partial charge in [0.1, 0.15) is 0 Å². The van der Waals surface area contributed by atoms with Gasteiger partial charge in [0, 0.05) is 11.4 Å². The van der Waals surface area contributed by atoms with Gasteiger partial charge in [0.05, 0.1) is 12.1 Å². The van der Waals surface area contributed by atoms with Gasteiger partial charge in [-0.3, -0.25) is 4.90 Å². The summed E-state index contributed by atoms with van der Waals surface area (Å²) in [6.45, 7) is 1.69. The Morgan fingerprint density at radius 3 is 2.26 bits per heavy atom. The van der Waals surface area contributed by atoms with Crippen molar-refractivity contribution in [1.82, 2.24) is 0 Å². The number of nitrogens with zero attached hydrogens (tertiary/aromatic N) is 1. The molecule has 2 aromatic carbocycles. The number of hydrogen-bond donors (Lipinski definition) is 2. The maximum Gasteiger partial charge on any atom is 0.416 e. The quantitative estimate of drug-likeness (QED) is 0.828. The fraction of sp³-hybridized carbons (Fsp3) is 0.188. The average Bonchev–Trinajstić information content (AvgIpc) is 2.47. The van der Waals surface area contributed by atoms with Crippen LogP contribution in [0.4, 0.5) is 29.3 Å². The summed E-state index contributed by atoms with van der Waals surface area (Å²) in [4.78, 5) is 12.5. The minimum Gasteiger partial charge on any atom is -0.465 e. The number of carboxylic acid groups (broad SMARTS) is 1. The van der Waals surface area contributed by atoms with Crippen molar-refractivity contribution in [3.05, 3.63) is 59.2 Å². The molecule has 0 aliphatic carbocycles. The first-order chi connectivity index (χ1) is 10.7. The van der Waals surface area contributed by atoms with Gasteiger partial charge < -0.3 is 10.8 Å². The smallest absolute Gasteiger partial charge is 0.416 e. The second-order valence-electron chi connectivity index (χ2n) is 5.10. The number of benzene rings is 2. The summed E-state index contributed by atoms with van der Waals surface area (Å²) in [6, 6.07) is 9.17. The Morgan fingerprint density at radius 2 is 1.78 bits per heavy atom. The normalized spacial score (nSPS) is 11.3. The molecule has 0 radical (unpaired) electrons. The summed E-state index contributed by atoms with van der Waals surface area (Å²) < 4.78 is 37.6. The van der Waals surface area contributed by atoms with Crippen LogP contribution in [-0.4, -0.2) is 11.2 Å². The first-order valence-electron chi connectivity index (χ1n) is 6.71. The third-order valence-electron chi connectivity index (χ3n) is 3.42. The summed E-state index contributed by atoms with van der Waals surface area (Å²) in [5.74, 6) is 0. The molecule has 23 heavy (non-hydrogen) atoms. The van der Waals surface area contributed by atoms with E-state index in [1.807, 2.05) is 0 Å². The van der Waals surface area contributed by atoms with Crippen molar-refractivity contribution in [2.45, 2.75) is 19.6 Å². The Hall–Kier alpha value is -2.70. The van der Waals surface area contributed by atoms with Gasteiger partial charge in [-0.25, -0.2) is 4.79 Å². The molecule has 2 rings (SSSR count). The largest absolute Gasteiger partial charge is 0.465 e. The van der Waals surface area contributed by atoms with Gasteiger partial charge in [0.25, 0.3) is 0 Å². The first kappa shape index (κ1) is 16.7. The molecule has 0 aliphatic rings. The molecule has 0 unspecified atom stereocenters. The molecule has 0 fully saturated rings. The number of nitrogens with two attached hydrogens (primary N) is 1. The number of anilines is 2. The van der Waals surface area contributed by atoms with Gasteiger partial charge in [-0.15, -0.1) is 0 Å². The van der Waals surface area contributed by atoms with Crippen LogP contribution in [0.25, 0.3) is 0 Å². The summed E-state index contributed by atoms with van der Waals surface area (Å²) in [5, 5.41) is 9.35. The highest BCUT2D eigenvalue weighted by atomic mass is 19.4. The van der Waals surface area contributed by atoms with E-state index < -0.39 is 17.8 Å². The van der Waals surface area contributed by atoms with Crippen LogP contribution >= 0.6 is 0 Å². The first-order valence-corrected chi connectivity index (χ1v) is 6.71. The molecule has 0 saturated carbocycles. The molecule has 122 valence electrons. The highest BCUT2D eigenvalue weighted by molar-refractivity contribution is 5.86. The summed E-state index contributed by atoms with van der Waals surface area (Å²) in [6.07, 6.45) is -5.62. The van der Waals surface area contributed by atoms with Gasteiger partial charge in [0.2, 0.25) is 0 Å². The summed E-state index contributed by atoms with van der Waals surface area (Å²) >= 11 is 0. The predicted octanol–water partition coefficient (Wildman–Crippen LogP) is 4.28. The molecule has 3 N–H and O–H groups in total. The van der Waals surface area contributed by atoms with Gasteiger partial charge in [-0.2, -0.15) is 13.2 Å². The van der Waals surface area contributed by atoms with E-state index in [-0.39, 0.29) is 6.54 Å². The standard InChI is InChI=1S/C16H15F3N2O2/c1-10-8-13(6-7-14(10)20)21(15(22)23)9-11-2-4-12(5-3-11)16(17,18)19/h2-8H,9,20H2,1H3,(H,22,23). The molecular formula is C16H15F3N2O2. The lowest BCUT2D eigenvalue weighted by Crippen LogP contribution is -2.28. The van der Waals surface area contributed by atoms with E-state index >= 15 is 0 Å². The van der Waals surface area contributed by atoms with Gasteiger partial charge >= 0.3 is 12.3 Å². The summed E-state index contributed by atoms with van der Waals surface area (Å²) in [5.41, 5.74) is 7.05. The molecular weight excluding hydrogens is 309 g/mol. The van der Waals surface area contributed by atoms with E-state index in [0.29, 0.717) is 16.9 Å². The average molecular weight is 324 g/mol. The lowest BCUT2D eigenvalue weighted by atomic mass is 10.1. The van der Waals surface area contributed by atoms with Crippen LogP contribution in [0.15, 0.2) is 42.5 Å². The van der Waals surface area contributed by atoms with E-state index in [1.165, 1.54) is 12.1 Å². The topological polar surface area (TPSA) is 66.6 Å². The molecule has 0 saturated heterocycles. The van der Waals surface area contributed by atoms with Crippen molar-refractivity contribution in [2.75, 3.05) is 10.6 Å². The predicted molar refractivity (Wildman–Crippen MR) is 81.2 cm³/mol. The van der Waals surface area contributed by atoms with Crippen molar-refractivity contribution in [1.29, 1.82) is 0 Å². The molecule has 2 aromatic rings. The number of rotatable bonds is 3. The summed E-state index contributed by atoms with van der Waals surface area (Å²) in [7, 11) is 0. The van der Waals surface area contributed by atoms with Gasteiger partial charge in [0.15, 0.2) is 0 Å². The van der Waals surface area contributed by atoms with Gasteiger partial charge in [-0.05, 0) is 48.4 Å². The highest BCUT2D eigenvalue weighted by Crippen LogP contribution is 2.29. The molecule has 0 atom stereocenters. The third kappa shape index (κ3) is 3.94. The Balaban J connectivity index is 2.26. The minimum absolute atomic E-state index is 0.0587. The molecule has 1 amide bonds. The Bertz CT molecular complexity index is 712. The van der Waals surface area contributed by atoms with E-state index in [9.17, 15) is 23.1 Å². The highest BCUT2D eigenvalue weighted by Gasteiger charge is 2.30. The molecule has 0 spiro atoms. The second-order valence-corrected chi connectivity index (χ2v) is 5.10. The molecule has 4 nitrogen and oxygen atoms in total. The SMILES string of the molecule is Cc1cc(N(Cc2ccc(C(F)(F)F)cc2)C(=O)O)ccc1N. The fourth-order valence-corrected chi connectivity index (χ4v) is 2.08. The Morgan fingerprint density at radius 1 is 1.17 bits per heavy atom. The zero-order valence-corrected chi connectivity index (χ0v) is 12.3. The number of halogens is 3. The third-order valence-corrected chi connectivity index (χ3v) is 3.42. The monoisotopic (exact) mass is 324 g/mol. The van der Waals surface area contributed by atoms with E-state index in [1.54, 1.807) is 25.1 Å². The lowest BCUT2D eigenvalue weighted by Gasteiger charge is -2.20. The van der Waals surface area contributed by atoms with Gasteiger partial charge in [-0.1, -0.05) is 12.1 Å². The van der Waals surface area contributed by atoms with Crippen LogP contribution in [0, 0.1) is 6.92 Å². The molecule has 0 heterocycles. The van der Waals surface area contributed by atoms with Crippen molar-refractivity contribution >= 4 is 17.5 Å². The molecule has 7 heteroatoms. The zero-order chi connectivity index (χ0) is 17.2. The van der Waals surface area contributed by atoms with Crippen LogP contribution in [0.2, 0.25) is 0 Å². The number of aryl methyl sites for hydroxylation is 1. The van der Waals surface area contributed by atoms with Crippen molar-refractivity contribution in [3.8, 4) is 0 Å². The number of amides is 1. The molecule has 0 aromatic heterocycles. The Kier molecular flexibility index (Phi) is 4.49. The second kappa shape index (κ2) is 6.20. The van der Waals surface area contributed by atoms with Crippen LogP contribution in [0.3, 0.4) is 0 Å². The van der Waals surface area contributed by atoms with Crippen LogP contribution in [-0.2, 0) is 12.7 Å². The van der Waals surface area contributed by atoms with Crippen molar-refractivity contribution in [2.24, 2.45) is 0 Å². The van der Waals surface area contributed by atoms with Crippen molar-refractivity contribution in [3.63, 3.8) is 0 Å². The number of hydrogen-bond acceptors (Lipinski definition) is 2. The van der Waals surface area contributed by atoms with E-state index in [0.717, 1.165) is 22.6 Å². The zero-order valence-electron chi connectivity index (χ0n) is 12.3. The number of carbonyl (C=O) groups is 1.